The zero-order valence-electron chi connectivity index (χ0n) is 9.36. The van der Waals surface area contributed by atoms with Crippen LogP contribution in [0.1, 0.15) is 20.8 Å². The van der Waals surface area contributed by atoms with E-state index in [-0.39, 0.29) is 11.9 Å². The molecule has 1 aliphatic heterocycles. The molecule has 4 heteroatoms. The average Bonchev–Trinajstić information content (AvgIpc) is 2.16. The van der Waals surface area contributed by atoms with Crippen molar-refractivity contribution in [2.45, 2.75) is 32.9 Å². The molecule has 0 aromatic rings. The number of nitrogens with two attached hydrogens (primary N) is 1. The molecule has 1 amide bonds. The van der Waals surface area contributed by atoms with Gasteiger partial charge < -0.3 is 10.6 Å². The first-order valence-corrected chi connectivity index (χ1v) is 5.34. The van der Waals surface area contributed by atoms with E-state index in [1.165, 1.54) is 0 Å². The fourth-order valence-electron chi connectivity index (χ4n) is 1.95. The fraction of sp³-hybridized carbons (Fsp3) is 0.900. The Bertz CT molecular complexity index is 206. The Hall–Kier alpha value is -0.610. The second-order valence-electron chi connectivity index (χ2n) is 4.05. The molecule has 1 saturated heterocycles. The largest absolute Gasteiger partial charge is 0.339 e. The molecule has 0 radical (unpaired) electrons. The molecule has 82 valence electrons. The number of hydrogen-bond acceptors (Lipinski definition) is 3. The highest BCUT2D eigenvalue weighted by Gasteiger charge is 2.26. The highest BCUT2D eigenvalue weighted by molar-refractivity contribution is 5.81. The van der Waals surface area contributed by atoms with Crippen molar-refractivity contribution in [1.29, 1.82) is 0 Å². The first kappa shape index (κ1) is 11.5. The number of nitrogens with zero attached hydrogens (tertiary/aromatic N) is 2. The minimum atomic E-state index is -0.365. The molecular weight excluding hydrogens is 178 g/mol. The van der Waals surface area contributed by atoms with Gasteiger partial charge in [-0.05, 0) is 20.4 Å². The molecule has 2 N–H and O–H groups in total. The van der Waals surface area contributed by atoms with Crippen molar-refractivity contribution in [2.24, 2.45) is 5.73 Å². The van der Waals surface area contributed by atoms with Crippen LogP contribution < -0.4 is 5.73 Å². The summed E-state index contributed by atoms with van der Waals surface area (Å²) in [4.78, 5) is 15.9. The second kappa shape index (κ2) is 4.75. The Morgan fingerprint density at radius 1 is 1.57 bits per heavy atom. The van der Waals surface area contributed by atoms with Crippen molar-refractivity contribution < 1.29 is 4.79 Å². The van der Waals surface area contributed by atoms with E-state index < -0.39 is 0 Å². The van der Waals surface area contributed by atoms with Gasteiger partial charge in [0.05, 0.1) is 6.04 Å². The van der Waals surface area contributed by atoms with Gasteiger partial charge in [-0.25, -0.2) is 0 Å². The number of amides is 1. The van der Waals surface area contributed by atoms with Gasteiger partial charge in [-0.2, -0.15) is 0 Å². The van der Waals surface area contributed by atoms with Crippen LogP contribution in [-0.2, 0) is 4.79 Å². The lowest BCUT2D eigenvalue weighted by Crippen LogP contribution is -2.56. The summed E-state index contributed by atoms with van der Waals surface area (Å²) in [6.07, 6.45) is 0. The van der Waals surface area contributed by atoms with Crippen molar-refractivity contribution in [3.63, 3.8) is 0 Å². The molecule has 0 aromatic carbocycles. The van der Waals surface area contributed by atoms with Gasteiger partial charge in [-0.15, -0.1) is 0 Å². The maximum atomic E-state index is 11.6. The van der Waals surface area contributed by atoms with Crippen molar-refractivity contribution in [3.8, 4) is 0 Å². The first-order chi connectivity index (χ1) is 6.56. The van der Waals surface area contributed by atoms with Crippen LogP contribution in [0.4, 0.5) is 0 Å². The maximum absolute atomic E-state index is 11.6. The monoisotopic (exact) mass is 199 g/mol. The Balaban J connectivity index is 2.50. The van der Waals surface area contributed by atoms with Crippen molar-refractivity contribution >= 4 is 5.91 Å². The molecular formula is C10H21N3O. The van der Waals surface area contributed by atoms with E-state index in [1.807, 2.05) is 4.90 Å². The van der Waals surface area contributed by atoms with Gasteiger partial charge in [0, 0.05) is 25.7 Å². The van der Waals surface area contributed by atoms with Gasteiger partial charge in [0.25, 0.3) is 0 Å². The Morgan fingerprint density at radius 2 is 2.21 bits per heavy atom. The maximum Gasteiger partial charge on any atom is 0.239 e. The van der Waals surface area contributed by atoms with Crippen LogP contribution in [0, 0.1) is 0 Å². The molecule has 1 heterocycles. The summed E-state index contributed by atoms with van der Waals surface area (Å²) in [5.74, 6) is 0.0765. The Morgan fingerprint density at radius 3 is 2.64 bits per heavy atom. The minimum absolute atomic E-state index is 0.0765. The van der Waals surface area contributed by atoms with Crippen LogP contribution in [0.25, 0.3) is 0 Å². The first-order valence-electron chi connectivity index (χ1n) is 5.34. The normalized spacial score (nSPS) is 26.3. The molecule has 1 aliphatic rings. The molecule has 1 rings (SSSR count). The Labute approximate surface area is 86.0 Å². The van der Waals surface area contributed by atoms with Gasteiger partial charge >= 0.3 is 0 Å². The number of piperazine rings is 1. The zero-order valence-corrected chi connectivity index (χ0v) is 9.36. The zero-order chi connectivity index (χ0) is 10.7. The summed E-state index contributed by atoms with van der Waals surface area (Å²) in [6.45, 7) is 9.72. The third-order valence-corrected chi connectivity index (χ3v) is 2.87. The van der Waals surface area contributed by atoms with Crippen LogP contribution in [0.2, 0.25) is 0 Å². The molecule has 2 atom stereocenters. The number of carbonyl (C=O) groups excluding carboxylic acids is 1. The van der Waals surface area contributed by atoms with Crippen molar-refractivity contribution in [1.82, 2.24) is 9.80 Å². The van der Waals surface area contributed by atoms with Gasteiger partial charge in [-0.3, -0.25) is 9.69 Å². The number of hydrogen-bond donors (Lipinski definition) is 1. The van der Waals surface area contributed by atoms with Crippen LogP contribution in [0.5, 0.6) is 0 Å². The van der Waals surface area contributed by atoms with E-state index in [0.29, 0.717) is 6.04 Å². The number of carbonyl (C=O) groups is 1. The predicted molar refractivity (Wildman–Crippen MR) is 56.9 cm³/mol. The van der Waals surface area contributed by atoms with Crippen LogP contribution >= 0.6 is 0 Å². The molecule has 0 saturated carbocycles. The van der Waals surface area contributed by atoms with E-state index in [0.717, 1.165) is 26.2 Å². The lowest BCUT2D eigenvalue weighted by atomic mass is 10.1. The number of likely N-dealkylation sites (N-methyl/N-ethyl adjacent to an activating group) is 1. The second-order valence-corrected chi connectivity index (χ2v) is 4.05. The SMILES string of the molecule is CCN1CCN(C(=O)[C@H](C)N)CC1C. The average molecular weight is 199 g/mol. The van der Waals surface area contributed by atoms with E-state index in [4.69, 9.17) is 5.73 Å². The highest BCUT2D eigenvalue weighted by Crippen LogP contribution is 2.09. The van der Waals surface area contributed by atoms with E-state index in [2.05, 4.69) is 18.7 Å². The van der Waals surface area contributed by atoms with E-state index >= 15 is 0 Å². The fourth-order valence-corrected chi connectivity index (χ4v) is 1.95. The smallest absolute Gasteiger partial charge is 0.239 e. The standard InChI is InChI=1S/C10H21N3O/c1-4-12-5-6-13(7-8(12)2)10(14)9(3)11/h8-9H,4-7,11H2,1-3H3/t8?,9-/m0/s1. The predicted octanol–water partition coefficient (Wildman–Crippen LogP) is -0.114. The molecule has 1 unspecified atom stereocenters. The van der Waals surface area contributed by atoms with Gasteiger partial charge in [0.1, 0.15) is 0 Å². The van der Waals surface area contributed by atoms with Crippen LogP contribution in [0.3, 0.4) is 0 Å². The quantitative estimate of drug-likeness (QED) is 0.675. The molecule has 14 heavy (non-hydrogen) atoms. The minimum Gasteiger partial charge on any atom is -0.339 e. The van der Waals surface area contributed by atoms with Crippen molar-refractivity contribution in [3.05, 3.63) is 0 Å². The highest BCUT2D eigenvalue weighted by atomic mass is 16.2. The summed E-state index contributed by atoms with van der Waals surface area (Å²) in [5.41, 5.74) is 5.57. The van der Waals surface area contributed by atoms with Gasteiger partial charge in [0.15, 0.2) is 0 Å². The molecule has 0 aliphatic carbocycles. The molecule has 1 fully saturated rings. The third-order valence-electron chi connectivity index (χ3n) is 2.87. The topological polar surface area (TPSA) is 49.6 Å². The van der Waals surface area contributed by atoms with Crippen molar-refractivity contribution in [2.75, 3.05) is 26.2 Å². The van der Waals surface area contributed by atoms with Crippen LogP contribution in [0.15, 0.2) is 0 Å². The number of rotatable bonds is 2. The molecule has 0 bridgehead atoms. The summed E-state index contributed by atoms with van der Waals surface area (Å²) in [6, 6.07) is 0.0897. The van der Waals surface area contributed by atoms with Gasteiger partial charge in [0.2, 0.25) is 5.91 Å². The summed E-state index contributed by atoms with van der Waals surface area (Å²) >= 11 is 0. The summed E-state index contributed by atoms with van der Waals surface area (Å²) < 4.78 is 0. The molecule has 4 nitrogen and oxygen atoms in total. The lowest BCUT2D eigenvalue weighted by molar-refractivity contribution is -0.135. The van der Waals surface area contributed by atoms with Crippen LogP contribution in [-0.4, -0.2) is 54.0 Å². The summed E-state index contributed by atoms with van der Waals surface area (Å²) in [7, 11) is 0. The van der Waals surface area contributed by atoms with E-state index in [9.17, 15) is 4.79 Å². The lowest BCUT2D eigenvalue weighted by Gasteiger charge is -2.39. The van der Waals surface area contributed by atoms with E-state index in [1.54, 1.807) is 6.92 Å². The van der Waals surface area contributed by atoms with Gasteiger partial charge in [-0.1, -0.05) is 6.92 Å². The summed E-state index contributed by atoms with van der Waals surface area (Å²) in [5, 5.41) is 0. The third kappa shape index (κ3) is 2.45. The molecule has 0 spiro atoms. The molecule has 0 aromatic heterocycles. The Kier molecular flexibility index (Phi) is 3.89.